The van der Waals surface area contributed by atoms with E-state index in [1.54, 1.807) is 12.3 Å². The minimum atomic E-state index is -0.666. The highest BCUT2D eigenvalue weighted by atomic mass is 32.1. The third kappa shape index (κ3) is 4.89. The number of esters is 1. The first-order valence-corrected chi connectivity index (χ1v) is 9.04. The van der Waals surface area contributed by atoms with Crippen LogP contribution in [0.2, 0.25) is 0 Å². The molecule has 0 amide bonds. The number of nitrogens with zero attached hydrogens (tertiary/aromatic N) is 2. The molecule has 28 heavy (non-hydrogen) atoms. The second-order valence-electron chi connectivity index (χ2n) is 5.81. The molecule has 3 rings (SSSR count). The number of ether oxygens (including phenoxy) is 2. The lowest BCUT2D eigenvalue weighted by Gasteiger charge is -2.04. The second kappa shape index (κ2) is 8.57. The smallest absolute Gasteiger partial charge is 0.338 e. The zero-order valence-electron chi connectivity index (χ0n) is 14.8. The van der Waals surface area contributed by atoms with Gasteiger partial charge in [0.25, 0.3) is 5.69 Å². The van der Waals surface area contributed by atoms with Crippen LogP contribution in [-0.2, 0) is 18.0 Å². The fraction of sp³-hybridized carbons (Fsp3) is 0.158. The molecule has 0 saturated heterocycles. The summed E-state index contributed by atoms with van der Waals surface area (Å²) in [6.45, 7) is 1.74. The highest BCUT2D eigenvalue weighted by Gasteiger charge is 2.16. The molecule has 0 bridgehead atoms. The van der Waals surface area contributed by atoms with Crippen LogP contribution in [0.4, 0.5) is 10.1 Å². The van der Waals surface area contributed by atoms with Crippen LogP contribution in [0.25, 0.3) is 0 Å². The van der Waals surface area contributed by atoms with Gasteiger partial charge in [0, 0.05) is 17.0 Å². The molecular formula is C19H15FN2O5S. The summed E-state index contributed by atoms with van der Waals surface area (Å²) < 4.78 is 23.6. The SMILES string of the molecule is Cc1ccc(C(=O)OCc2csc(COc3ccc(F)cc3)n2)cc1[N+](=O)[O-]. The number of rotatable bonds is 7. The molecule has 0 aliphatic rings. The van der Waals surface area contributed by atoms with Gasteiger partial charge in [-0.3, -0.25) is 10.1 Å². The lowest BCUT2D eigenvalue weighted by atomic mass is 10.1. The minimum Gasteiger partial charge on any atom is -0.486 e. The summed E-state index contributed by atoms with van der Waals surface area (Å²) in [5, 5.41) is 13.4. The number of aryl methyl sites for hydroxylation is 1. The van der Waals surface area contributed by atoms with Crippen molar-refractivity contribution in [1.29, 1.82) is 0 Å². The maximum atomic E-state index is 12.9. The largest absolute Gasteiger partial charge is 0.486 e. The highest BCUT2D eigenvalue weighted by Crippen LogP contribution is 2.21. The van der Waals surface area contributed by atoms with Crippen LogP contribution in [0.3, 0.4) is 0 Å². The summed E-state index contributed by atoms with van der Waals surface area (Å²) in [7, 11) is 0. The fourth-order valence-corrected chi connectivity index (χ4v) is 3.00. The minimum absolute atomic E-state index is 0.0619. The number of nitro benzene ring substituents is 1. The Kier molecular flexibility index (Phi) is 5.95. The Morgan fingerprint density at radius 1 is 1.21 bits per heavy atom. The molecule has 144 valence electrons. The number of hydrogen-bond acceptors (Lipinski definition) is 7. The molecule has 3 aromatic rings. The molecule has 0 N–H and O–H groups in total. The van der Waals surface area contributed by atoms with E-state index in [4.69, 9.17) is 9.47 Å². The van der Waals surface area contributed by atoms with Crippen molar-refractivity contribution in [1.82, 2.24) is 4.98 Å². The maximum Gasteiger partial charge on any atom is 0.338 e. The second-order valence-corrected chi connectivity index (χ2v) is 6.75. The Balaban J connectivity index is 1.55. The third-order valence-electron chi connectivity index (χ3n) is 3.77. The Hall–Kier alpha value is -3.33. The van der Waals surface area contributed by atoms with Crippen molar-refractivity contribution in [3.05, 3.63) is 85.6 Å². The maximum absolute atomic E-state index is 12.9. The van der Waals surface area contributed by atoms with Crippen LogP contribution in [0, 0.1) is 22.9 Å². The van der Waals surface area contributed by atoms with E-state index in [0.717, 1.165) is 0 Å². The molecule has 0 radical (unpaired) electrons. The molecule has 9 heteroatoms. The predicted molar refractivity (Wildman–Crippen MR) is 99.8 cm³/mol. The Morgan fingerprint density at radius 3 is 2.68 bits per heavy atom. The van der Waals surface area contributed by atoms with Crippen LogP contribution in [0.1, 0.15) is 26.6 Å². The van der Waals surface area contributed by atoms with Crippen molar-refractivity contribution in [2.24, 2.45) is 0 Å². The van der Waals surface area contributed by atoms with Gasteiger partial charge in [0.15, 0.2) is 0 Å². The van der Waals surface area contributed by atoms with Crippen LogP contribution in [0.5, 0.6) is 5.75 Å². The number of halogens is 1. The van der Waals surface area contributed by atoms with E-state index in [1.165, 1.54) is 53.8 Å². The van der Waals surface area contributed by atoms with E-state index in [9.17, 15) is 19.3 Å². The highest BCUT2D eigenvalue weighted by molar-refractivity contribution is 7.09. The molecule has 0 aliphatic carbocycles. The number of hydrogen-bond donors (Lipinski definition) is 0. The van der Waals surface area contributed by atoms with Crippen LogP contribution in [0.15, 0.2) is 47.8 Å². The molecule has 7 nitrogen and oxygen atoms in total. The molecule has 0 aliphatic heterocycles. The van der Waals surface area contributed by atoms with Gasteiger partial charge < -0.3 is 9.47 Å². The molecule has 2 aromatic carbocycles. The number of aromatic nitrogens is 1. The lowest BCUT2D eigenvalue weighted by molar-refractivity contribution is -0.385. The Labute approximate surface area is 163 Å². The topological polar surface area (TPSA) is 91.6 Å². The Bertz CT molecular complexity index is 1000. The number of carbonyl (C=O) groups excluding carboxylic acids is 1. The molecule has 0 saturated carbocycles. The van der Waals surface area contributed by atoms with Gasteiger partial charge in [-0.2, -0.15) is 0 Å². The van der Waals surface area contributed by atoms with Crippen LogP contribution in [-0.4, -0.2) is 15.9 Å². The first-order chi connectivity index (χ1) is 13.4. The average molecular weight is 402 g/mol. The molecule has 1 aromatic heterocycles. The van der Waals surface area contributed by atoms with Gasteiger partial charge in [-0.05, 0) is 37.3 Å². The summed E-state index contributed by atoms with van der Waals surface area (Å²) in [4.78, 5) is 26.9. The van der Waals surface area contributed by atoms with Crippen molar-refractivity contribution < 1.29 is 23.6 Å². The van der Waals surface area contributed by atoms with Crippen molar-refractivity contribution >= 4 is 23.0 Å². The van der Waals surface area contributed by atoms with Crippen LogP contribution >= 0.6 is 11.3 Å². The standard InChI is InChI=1S/C19H15FN2O5S/c1-12-2-3-13(8-17(12)22(24)25)19(23)27-9-15-11-28-18(21-15)10-26-16-6-4-14(20)5-7-16/h2-8,11H,9-10H2,1H3. The van der Waals surface area contributed by atoms with E-state index < -0.39 is 10.9 Å². The fourth-order valence-electron chi connectivity index (χ4n) is 2.31. The van der Waals surface area contributed by atoms with Crippen molar-refractivity contribution in [3.8, 4) is 5.75 Å². The van der Waals surface area contributed by atoms with Gasteiger partial charge >= 0.3 is 5.97 Å². The Morgan fingerprint density at radius 2 is 1.96 bits per heavy atom. The van der Waals surface area contributed by atoms with Gasteiger partial charge in [0.05, 0.1) is 16.2 Å². The quantitative estimate of drug-likeness (QED) is 0.330. The molecular weight excluding hydrogens is 387 g/mol. The summed E-state index contributed by atoms with van der Waals surface area (Å²) in [6.07, 6.45) is 0. The van der Waals surface area contributed by atoms with E-state index in [-0.39, 0.29) is 30.3 Å². The number of carbonyl (C=O) groups is 1. The molecule has 0 unspecified atom stereocenters. The van der Waals surface area contributed by atoms with E-state index in [2.05, 4.69) is 4.98 Å². The first kappa shape index (κ1) is 19.4. The van der Waals surface area contributed by atoms with Gasteiger partial charge in [0.1, 0.15) is 29.8 Å². The lowest BCUT2D eigenvalue weighted by Crippen LogP contribution is -2.06. The van der Waals surface area contributed by atoms with E-state index >= 15 is 0 Å². The van der Waals surface area contributed by atoms with E-state index in [0.29, 0.717) is 22.0 Å². The van der Waals surface area contributed by atoms with E-state index in [1.807, 2.05) is 0 Å². The number of benzene rings is 2. The van der Waals surface area contributed by atoms with Crippen LogP contribution < -0.4 is 4.74 Å². The summed E-state index contributed by atoms with van der Waals surface area (Å²) in [5.74, 6) is -0.490. The zero-order valence-corrected chi connectivity index (χ0v) is 15.6. The summed E-state index contributed by atoms with van der Waals surface area (Å²) in [5.41, 5.74) is 0.972. The molecule has 1 heterocycles. The predicted octanol–water partition coefficient (Wildman–Crippen LogP) is 4.43. The number of nitro groups is 1. The monoisotopic (exact) mass is 402 g/mol. The zero-order chi connectivity index (χ0) is 20.1. The normalized spacial score (nSPS) is 10.5. The summed E-state index contributed by atoms with van der Waals surface area (Å²) >= 11 is 1.34. The third-order valence-corrected chi connectivity index (χ3v) is 4.64. The van der Waals surface area contributed by atoms with Gasteiger partial charge in [-0.25, -0.2) is 14.2 Å². The van der Waals surface area contributed by atoms with Crippen molar-refractivity contribution in [2.45, 2.75) is 20.1 Å². The summed E-state index contributed by atoms with van der Waals surface area (Å²) in [6, 6.07) is 9.82. The number of thiazole rings is 1. The van der Waals surface area contributed by atoms with Crippen molar-refractivity contribution in [2.75, 3.05) is 0 Å². The molecule has 0 atom stereocenters. The first-order valence-electron chi connectivity index (χ1n) is 8.16. The molecule has 0 fully saturated rings. The average Bonchev–Trinajstić information content (AvgIpc) is 3.13. The van der Waals surface area contributed by atoms with Gasteiger partial charge in [0.2, 0.25) is 0 Å². The van der Waals surface area contributed by atoms with Gasteiger partial charge in [-0.1, -0.05) is 6.07 Å². The van der Waals surface area contributed by atoms with Gasteiger partial charge in [-0.15, -0.1) is 11.3 Å². The molecule has 0 spiro atoms. The van der Waals surface area contributed by atoms with Crippen molar-refractivity contribution in [3.63, 3.8) is 0 Å².